The highest BCUT2D eigenvalue weighted by atomic mass is 32.2. The van der Waals surface area contributed by atoms with Gasteiger partial charge in [0.15, 0.2) is 9.84 Å². The molecule has 146 valence electrons. The normalized spacial score (nSPS) is 12.3. The molecule has 0 aliphatic carbocycles. The van der Waals surface area contributed by atoms with Crippen LogP contribution >= 0.6 is 11.3 Å². The molecule has 27 heavy (non-hydrogen) atoms. The van der Waals surface area contributed by atoms with Crippen LogP contribution in [0.5, 0.6) is 0 Å². The Morgan fingerprint density at radius 1 is 1.07 bits per heavy atom. The van der Waals surface area contributed by atoms with Crippen LogP contribution in [0, 0.1) is 0 Å². The van der Waals surface area contributed by atoms with Gasteiger partial charge < -0.3 is 15.5 Å². The van der Waals surface area contributed by atoms with Crippen LogP contribution < -0.4 is 15.5 Å². The zero-order valence-electron chi connectivity index (χ0n) is 15.4. The molecular formula is C18H23N3O4S2. The molecule has 1 aromatic carbocycles. The van der Waals surface area contributed by atoms with Gasteiger partial charge in [0.25, 0.3) is 0 Å². The Kier molecular flexibility index (Phi) is 6.98. The van der Waals surface area contributed by atoms with Gasteiger partial charge in [0, 0.05) is 32.9 Å². The van der Waals surface area contributed by atoms with Gasteiger partial charge in [0.2, 0.25) is 0 Å². The van der Waals surface area contributed by atoms with E-state index in [4.69, 9.17) is 0 Å². The van der Waals surface area contributed by atoms with Gasteiger partial charge in [-0.3, -0.25) is 9.59 Å². The van der Waals surface area contributed by atoms with Gasteiger partial charge in [0.1, 0.15) is 9.46 Å². The number of carbonyl (C=O) groups is 2. The van der Waals surface area contributed by atoms with E-state index in [1.807, 2.05) is 31.1 Å². The first-order valence-electron chi connectivity index (χ1n) is 8.38. The number of anilines is 1. The monoisotopic (exact) mass is 409 g/mol. The number of benzene rings is 1. The summed E-state index contributed by atoms with van der Waals surface area (Å²) in [6, 6.07) is 10.3. The Bertz CT molecular complexity index is 876. The van der Waals surface area contributed by atoms with E-state index in [-0.39, 0.29) is 10.8 Å². The predicted octanol–water partition coefficient (Wildman–Crippen LogP) is 1.58. The summed E-state index contributed by atoms with van der Waals surface area (Å²) in [5.41, 5.74) is 1.47. The second-order valence-electron chi connectivity index (χ2n) is 6.02. The highest BCUT2D eigenvalue weighted by Gasteiger charge is 2.31. The lowest BCUT2D eigenvalue weighted by atomic mass is 10.1. The van der Waals surface area contributed by atoms with Crippen molar-refractivity contribution in [2.75, 3.05) is 32.1 Å². The molecule has 0 aliphatic rings. The van der Waals surface area contributed by atoms with Gasteiger partial charge in [-0.05, 0) is 36.1 Å². The van der Waals surface area contributed by atoms with Crippen molar-refractivity contribution in [2.24, 2.45) is 0 Å². The number of sulfone groups is 1. The van der Waals surface area contributed by atoms with Gasteiger partial charge in [0.05, 0.1) is 0 Å². The molecule has 7 nitrogen and oxygen atoms in total. The maximum absolute atomic E-state index is 13.1. The van der Waals surface area contributed by atoms with E-state index in [1.54, 1.807) is 30.5 Å². The van der Waals surface area contributed by atoms with Gasteiger partial charge in [-0.25, -0.2) is 8.42 Å². The molecule has 0 aliphatic heterocycles. The van der Waals surface area contributed by atoms with Gasteiger partial charge in [-0.15, -0.1) is 11.3 Å². The van der Waals surface area contributed by atoms with E-state index in [0.29, 0.717) is 12.1 Å². The lowest BCUT2D eigenvalue weighted by molar-refractivity contribution is -0.139. The number of likely N-dealkylation sites (N-methyl/N-ethyl adjacent to an activating group) is 1. The summed E-state index contributed by atoms with van der Waals surface area (Å²) in [5.74, 6) is -1.64. The van der Waals surface area contributed by atoms with Crippen molar-refractivity contribution < 1.29 is 18.0 Å². The Labute approximate surface area is 163 Å². The zero-order valence-corrected chi connectivity index (χ0v) is 17.1. The van der Waals surface area contributed by atoms with Crippen molar-refractivity contribution in [1.29, 1.82) is 0 Å². The fourth-order valence-corrected chi connectivity index (χ4v) is 5.33. The van der Waals surface area contributed by atoms with E-state index in [2.05, 4.69) is 10.6 Å². The average molecular weight is 410 g/mol. The Hall–Kier alpha value is -2.39. The number of hydrogen-bond acceptors (Lipinski definition) is 6. The van der Waals surface area contributed by atoms with Crippen LogP contribution in [0.15, 0.2) is 46.0 Å². The molecule has 2 N–H and O–H groups in total. The number of thiophene rings is 1. The average Bonchev–Trinajstić information content (AvgIpc) is 3.17. The van der Waals surface area contributed by atoms with E-state index in [9.17, 15) is 18.0 Å². The summed E-state index contributed by atoms with van der Waals surface area (Å²) in [6.07, 6.45) is 0. The highest BCUT2D eigenvalue weighted by Crippen LogP contribution is 2.32. The van der Waals surface area contributed by atoms with Crippen LogP contribution in [0.3, 0.4) is 0 Å². The summed E-state index contributed by atoms with van der Waals surface area (Å²) in [7, 11) is 0.0616. The summed E-state index contributed by atoms with van der Waals surface area (Å²) in [6.45, 7) is 1.81. The first kappa shape index (κ1) is 20.9. The molecular weight excluding hydrogens is 386 g/mol. The lowest BCUT2D eigenvalue weighted by Gasteiger charge is -2.19. The third kappa shape index (κ3) is 5.08. The first-order chi connectivity index (χ1) is 12.8. The van der Waals surface area contributed by atoms with Gasteiger partial charge >= 0.3 is 11.8 Å². The molecule has 1 aromatic heterocycles. The van der Waals surface area contributed by atoms with E-state index < -0.39 is 26.9 Å². The molecule has 9 heteroatoms. The minimum atomic E-state index is -3.72. The molecule has 0 bridgehead atoms. The third-order valence-corrected chi connectivity index (χ3v) is 7.46. The smallest absolute Gasteiger partial charge is 0.309 e. The zero-order chi connectivity index (χ0) is 20.0. The Morgan fingerprint density at radius 2 is 1.70 bits per heavy atom. The minimum Gasteiger partial charge on any atom is -0.378 e. The van der Waals surface area contributed by atoms with Crippen molar-refractivity contribution in [2.45, 2.75) is 16.4 Å². The largest absolute Gasteiger partial charge is 0.378 e. The van der Waals surface area contributed by atoms with Crippen molar-refractivity contribution in [3.63, 3.8) is 0 Å². The van der Waals surface area contributed by atoms with Crippen molar-refractivity contribution in [3.05, 3.63) is 47.3 Å². The Balaban J connectivity index is 2.31. The predicted molar refractivity (Wildman–Crippen MR) is 107 cm³/mol. The molecule has 0 radical (unpaired) electrons. The molecule has 1 atom stereocenters. The van der Waals surface area contributed by atoms with Crippen LogP contribution in [-0.4, -0.2) is 47.4 Å². The number of carbonyl (C=O) groups excluding carboxylic acids is 2. The molecule has 0 unspecified atom stereocenters. The van der Waals surface area contributed by atoms with Crippen molar-refractivity contribution in [1.82, 2.24) is 10.6 Å². The van der Waals surface area contributed by atoms with Gasteiger partial charge in [-0.1, -0.05) is 18.2 Å². The summed E-state index contributed by atoms with van der Waals surface area (Å²) in [4.78, 5) is 25.4. The summed E-state index contributed by atoms with van der Waals surface area (Å²) >= 11 is 1.12. The van der Waals surface area contributed by atoms with Crippen molar-refractivity contribution in [3.8, 4) is 0 Å². The summed E-state index contributed by atoms with van der Waals surface area (Å²) in [5, 5.41) is 5.52. The van der Waals surface area contributed by atoms with Crippen LogP contribution in [0.25, 0.3) is 0 Å². The van der Waals surface area contributed by atoms with Crippen LogP contribution in [0.4, 0.5) is 5.69 Å². The molecule has 0 spiro atoms. The number of amides is 2. The van der Waals surface area contributed by atoms with E-state index in [1.165, 1.54) is 6.07 Å². The SMILES string of the molecule is CCNC(=O)C(=O)NC[C@@H](c1ccc(N(C)C)cc1)S(=O)(=O)c1cccs1. The fraction of sp³-hybridized carbons (Fsp3) is 0.333. The van der Waals surface area contributed by atoms with Crippen LogP contribution in [0.1, 0.15) is 17.7 Å². The number of hydrogen-bond donors (Lipinski definition) is 2. The Morgan fingerprint density at radius 3 is 2.22 bits per heavy atom. The van der Waals surface area contributed by atoms with Gasteiger partial charge in [-0.2, -0.15) is 0 Å². The quantitative estimate of drug-likeness (QED) is 0.677. The molecule has 0 saturated carbocycles. The number of rotatable bonds is 7. The highest BCUT2D eigenvalue weighted by molar-refractivity contribution is 7.93. The fourth-order valence-electron chi connectivity index (χ4n) is 2.47. The molecule has 1 heterocycles. The standard InChI is InChI=1S/C18H23N3O4S2/c1-4-19-17(22)18(23)20-12-15(27(24,25)16-6-5-11-26-16)13-7-9-14(10-8-13)21(2)3/h5-11,15H,4,12H2,1-3H3,(H,19,22)(H,20,23)/t15-/m0/s1. The second-order valence-corrected chi connectivity index (χ2v) is 9.33. The molecule has 0 fully saturated rings. The maximum Gasteiger partial charge on any atom is 0.309 e. The number of nitrogens with zero attached hydrogens (tertiary/aromatic N) is 1. The summed E-state index contributed by atoms with van der Waals surface area (Å²) < 4.78 is 26.4. The first-order valence-corrected chi connectivity index (χ1v) is 10.8. The third-order valence-electron chi connectivity index (χ3n) is 3.92. The van der Waals surface area contributed by atoms with Crippen molar-refractivity contribution >= 4 is 38.7 Å². The minimum absolute atomic E-state index is 0.197. The molecule has 2 aromatic rings. The second kappa shape index (κ2) is 9.01. The van der Waals surface area contributed by atoms with Crippen LogP contribution in [-0.2, 0) is 19.4 Å². The van der Waals surface area contributed by atoms with E-state index >= 15 is 0 Å². The lowest BCUT2D eigenvalue weighted by Crippen LogP contribution is -2.42. The van der Waals surface area contributed by atoms with E-state index in [0.717, 1.165) is 17.0 Å². The molecule has 2 amide bonds. The van der Waals surface area contributed by atoms with Crippen LogP contribution in [0.2, 0.25) is 0 Å². The molecule has 0 saturated heterocycles. The number of nitrogens with one attached hydrogen (secondary N) is 2. The molecule has 2 rings (SSSR count). The maximum atomic E-state index is 13.1. The topological polar surface area (TPSA) is 95.6 Å².